The number of para-hydroxylation sites is 1. The topological polar surface area (TPSA) is 58.6 Å². The number of benzene rings is 1. The lowest BCUT2D eigenvalue weighted by Crippen LogP contribution is -2.54. The first-order chi connectivity index (χ1) is 10.2. The van der Waals surface area contributed by atoms with Crippen molar-refractivity contribution < 1.29 is 14.3 Å². The summed E-state index contributed by atoms with van der Waals surface area (Å²) in [4.78, 5) is 26.2. The summed E-state index contributed by atoms with van der Waals surface area (Å²) in [6.07, 6.45) is 1.95. The molecule has 0 aliphatic carbocycles. The average Bonchev–Trinajstić information content (AvgIpc) is 2.53. The first-order valence-electron chi connectivity index (χ1n) is 7.16. The van der Waals surface area contributed by atoms with Crippen LogP contribution in [0.3, 0.4) is 0 Å². The number of carbonyl (C=O) groups is 2. The lowest BCUT2D eigenvalue weighted by atomic mass is 9.94. The van der Waals surface area contributed by atoms with Crippen LogP contribution in [-0.2, 0) is 9.53 Å². The van der Waals surface area contributed by atoms with Gasteiger partial charge in [-0.1, -0.05) is 19.1 Å². The van der Waals surface area contributed by atoms with Gasteiger partial charge in [0.1, 0.15) is 6.17 Å². The van der Waals surface area contributed by atoms with Crippen molar-refractivity contribution in [3.05, 3.63) is 41.1 Å². The molecule has 0 aromatic heterocycles. The third-order valence-corrected chi connectivity index (χ3v) is 4.09. The predicted molar refractivity (Wildman–Crippen MR) is 78.7 cm³/mol. The summed E-state index contributed by atoms with van der Waals surface area (Å²) in [5, 5.41) is 3.02. The smallest absolute Gasteiger partial charge is 0.335 e. The summed E-state index contributed by atoms with van der Waals surface area (Å²) in [5.74, 6) is -0.330. The molecule has 1 N–H and O–H groups in total. The molecule has 1 aromatic carbocycles. The molecule has 5 nitrogen and oxygen atoms in total. The first kappa shape index (κ1) is 13.7. The zero-order chi connectivity index (χ0) is 15.0. The number of anilines is 1. The number of ether oxygens (including phenoxy) is 1. The molecule has 1 atom stereocenters. The summed E-state index contributed by atoms with van der Waals surface area (Å²) in [6.45, 7) is 2.01. The van der Waals surface area contributed by atoms with E-state index in [1.54, 1.807) is 6.07 Å². The normalized spacial score (nSPS) is 20.6. The monoisotopic (exact) mass is 286 g/mol. The second kappa shape index (κ2) is 5.24. The maximum absolute atomic E-state index is 12.2. The lowest BCUT2D eigenvalue weighted by Gasteiger charge is -2.43. The van der Waals surface area contributed by atoms with Crippen molar-refractivity contribution in [3.63, 3.8) is 0 Å². The Balaban J connectivity index is 2.15. The van der Waals surface area contributed by atoms with Gasteiger partial charge in [0.15, 0.2) is 0 Å². The average molecular weight is 286 g/mol. The summed E-state index contributed by atoms with van der Waals surface area (Å²) in [7, 11) is 1.40. The fourth-order valence-electron chi connectivity index (χ4n) is 3.17. The molecule has 1 unspecified atom stereocenters. The Morgan fingerprint density at radius 3 is 2.90 bits per heavy atom. The highest BCUT2D eigenvalue weighted by molar-refractivity contribution is 6.03. The Kier molecular flexibility index (Phi) is 3.41. The molecule has 5 heteroatoms. The van der Waals surface area contributed by atoms with E-state index in [9.17, 15) is 9.59 Å². The van der Waals surface area contributed by atoms with Crippen molar-refractivity contribution in [1.82, 2.24) is 5.32 Å². The number of allylic oxidation sites excluding steroid dienone is 1. The van der Waals surface area contributed by atoms with Crippen LogP contribution in [0, 0.1) is 0 Å². The molecule has 0 fully saturated rings. The zero-order valence-electron chi connectivity index (χ0n) is 12.2. The molecule has 0 spiro atoms. The fourth-order valence-corrected chi connectivity index (χ4v) is 3.17. The van der Waals surface area contributed by atoms with Crippen LogP contribution in [0.25, 0.3) is 0 Å². The van der Waals surface area contributed by atoms with Crippen molar-refractivity contribution in [2.24, 2.45) is 0 Å². The van der Waals surface area contributed by atoms with E-state index in [1.165, 1.54) is 7.11 Å². The van der Waals surface area contributed by atoms with Crippen LogP contribution >= 0.6 is 0 Å². The Morgan fingerprint density at radius 2 is 2.19 bits per heavy atom. The Morgan fingerprint density at radius 1 is 1.43 bits per heavy atom. The molecule has 0 radical (unpaired) electrons. The van der Waals surface area contributed by atoms with Crippen molar-refractivity contribution in [2.75, 3.05) is 12.0 Å². The molecule has 3 rings (SSSR count). The van der Waals surface area contributed by atoms with Gasteiger partial charge in [0.05, 0.1) is 23.9 Å². The van der Waals surface area contributed by atoms with Gasteiger partial charge in [-0.05, 0) is 31.4 Å². The number of esters is 1. The lowest BCUT2D eigenvalue weighted by molar-refractivity contribution is -0.136. The van der Waals surface area contributed by atoms with Gasteiger partial charge in [-0.2, -0.15) is 0 Å². The zero-order valence-corrected chi connectivity index (χ0v) is 12.2. The summed E-state index contributed by atoms with van der Waals surface area (Å²) < 4.78 is 4.90. The Bertz CT molecular complexity index is 636. The number of nitrogens with one attached hydrogen (secondary N) is 1. The summed E-state index contributed by atoms with van der Waals surface area (Å²) in [6, 6.07) is 7.49. The van der Waals surface area contributed by atoms with Gasteiger partial charge in [0.25, 0.3) is 5.91 Å². The van der Waals surface area contributed by atoms with E-state index in [0.717, 1.165) is 11.4 Å². The van der Waals surface area contributed by atoms with E-state index in [-0.39, 0.29) is 18.0 Å². The highest BCUT2D eigenvalue weighted by Crippen LogP contribution is 2.37. The van der Waals surface area contributed by atoms with Gasteiger partial charge in [-0.15, -0.1) is 0 Å². The van der Waals surface area contributed by atoms with Gasteiger partial charge < -0.3 is 15.0 Å². The van der Waals surface area contributed by atoms with Crippen LogP contribution in [0.15, 0.2) is 35.5 Å². The molecule has 0 saturated carbocycles. The molecule has 2 aliphatic heterocycles. The largest absolute Gasteiger partial charge is 0.466 e. The van der Waals surface area contributed by atoms with E-state index in [1.807, 2.05) is 25.1 Å². The predicted octanol–water partition coefficient (Wildman–Crippen LogP) is 2.19. The van der Waals surface area contributed by atoms with Crippen molar-refractivity contribution in [2.45, 2.75) is 32.4 Å². The van der Waals surface area contributed by atoms with Gasteiger partial charge in [-0.25, -0.2) is 4.79 Å². The first-order valence-corrected chi connectivity index (χ1v) is 7.16. The van der Waals surface area contributed by atoms with Crippen LogP contribution in [-0.4, -0.2) is 25.2 Å². The highest BCUT2D eigenvalue weighted by atomic mass is 16.5. The molecule has 1 amide bonds. The second-order valence-electron chi connectivity index (χ2n) is 5.19. The van der Waals surface area contributed by atoms with E-state index >= 15 is 0 Å². The van der Waals surface area contributed by atoms with E-state index in [4.69, 9.17) is 4.74 Å². The maximum atomic E-state index is 12.2. The number of carbonyl (C=O) groups excluding carboxylic acids is 2. The highest BCUT2D eigenvalue weighted by Gasteiger charge is 2.37. The molecule has 2 aliphatic rings. The molecule has 1 aromatic rings. The van der Waals surface area contributed by atoms with Crippen molar-refractivity contribution in [1.29, 1.82) is 0 Å². The van der Waals surface area contributed by atoms with Crippen molar-refractivity contribution >= 4 is 17.6 Å². The van der Waals surface area contributed by atoms with Crippen LogP contribution in [0.1, 0.15) is 36.5 Å². The summed E-state index contributed by atoms with van der Waals surface area (Å²) in [5.41, 5.74) is 3.16. The third kappa shape index (κ3) is 2.09. The van der Waals surface area contributed by atoms with E-state index < -0.39 is 0 Å². The molecular formula is C16H18N2O3. The molecule has 0 bridgehead atoms. The fraction of sp³-hybridized carbons (Fsp3) is 0.375. The SMILES string of the molecule is CCC1=C(C(=O)OC)CCC2NC(=O)c3ccccc3N12. The maximum Gasteiger partial charge on any atom is 0.335 e. The second-order valence-corrected chi connectivity index (χ2v) is 5.19. The van der Waals surface area contributed by atoms with Crippen molar-refractivity contribution in [3.8, 4) is 0 Å². The Hall–Kier alpha value is -2.30. The molecular weight excluding hydrogens is 268 g/mol. The number of hydrogen-bond donors (Lipinski definition) is 1. The minimum atomic E-state index is -0.278. The van der Waals surface area contributed by atoms with Crippen LogP contribution < -0.4 is 10.2 Å². The number of rotatable bonds is 2. The van der Waals surface area contributed by atoms with Gasteiger partial charge in [-0.3, -0.25) is 4.79 Å². The minimum Gasteiger partial charge on any atom is -0.466 e. The number of amides is 1. The third-order valence-electron chi connectivity index (χ3n) is 4.09. The molecule has 0 saturated heterocycles. The molecule has 21 heavy (non-hydrogen) atoms. The minimum absolute atomic E-state index is 0.0520. The van der Waals surface area contributed by atoms with E-state index in [2.05, 4.69) is 10.2 Å². The summed E-state index contributed by atoms with van der Waals surface area (Å²) >= 11 is 0. The Labute approximate surface area is 123 Å². The molecule has 110 valence electrons. The number of methoxy groups -OCH3 is 1. The van der Waals surface area contributed by atoms with Gasteiger partial charge in [0.2, 0.25) is 0 Å². The molecule has 2 heterocycles. The number of fused-ring (bicyclic) bond motifs is 3. The van der Waals surface area contributed by atoms with Gasteiger partial charge >= 0.3 is 5.97 Å². The standard InChI is InChI=1S/C16H18N2O3/c1-3-12-11(16(20)21-2)8-9-14-17-15(19)10-6-4-5-7-13(10)18(12)14/h4-7,14H,3,8-9H2,1-2H3,(H,17,19). The van der Waals surface area contributed by atoms with Crippen LogP contribution in [0.5, 0.6) is 0 Å². The van der Waals surface area contributed by atoms with E-state index in [0.29, 0.717) is 30.4 Å². The number of hydrogen-bond acceptors (Lipinski definition) is 4. The van der Waals surface area contributed by atoms with Gasteiger partial charge in [0, 0.05) is 5.70 Å². The number of nitrogens with zero attached hydrogens (tertiary/aromatic N) is 1. The quantitative estimate of drug-likeness (QED) is 0.847. The van der Waals surface area contributed by atoms with Crippen LogP contribution in [0.4, 0.5) is 5.69 Å². The van der Waals surface area contributed by atoms with Crippen LogP contribution in [0.2, 0.25) is 0 Å².